The molecule has 4 rings (SSSR count). The highest BCUT2D eigenvalue weighted by Crippen LogP contribution is 2.26. The molecule has 0 atom stereocenters. The Bertz CT molecular complexity index is 1270. The monoisotopic (exact) mass is 428 g/mol. The van der Waals surface area contributed by atoms with Gasteiger partial charge in [-0.1, -0.05) is 23.3 Å². The van der Waals surface area contributed by atoms with E-state index in [1.807, 2.05) is 0 Å². The molecule has 0 bridgehead atoms. The minimum atomic E-state index is -1.09. The van der Waals surface area contributed by atoms with Crippen LogP contribution in [0.15, 0.2) is 53.3 Å². The van der Waals surface area contributed by atoms with E-state index in [0.717, 1.165) is 12.3 Å². The highest BCUT2D eigenvalue weighted by molar-refractivity contribution is 5.63. The summed E-state index contributed by atoms with van der Waals surface area (Å²) in [7, 11) is 0. The van der Waals surface area contributed by atoms with E-state index in [4.69, 9.17) is 7.26 Å². The third kappa shape index (κ3) is 4.75. The van der Waals surface area contributed by atoms with E-state index in [-0.39, 0.29) is 48.1 Å². The van der Waals surface area contributed by atoms with Crippen molar-refractivity contribution in [1.82, 2.24) is 24.9 Å². The number of nitrogens with zero attached hydrogens (tertiary/aromatic N) is 5. The molecule has 0 radical (unpaired) electrons. The van der Waals surface area contributed by atoms with Gasteiger partial charge in [0, 0.05) is 18.2 Å². The van der Waals surface area contributed by atoms with Gasteiger partial charge in [-0.3, -0.25) is 4.68 Å². The van der Waals surface area contributed by atoms with Crippen molar-refractivity contribution in [2.75, 3.05) is 11.9 Å². The molecule has 0 amide bonds. The van der Waals surface area contributed by atoms with E-state index in [1.165, 1.54) is 17.0 Å². The van der Waals surface area contributed by atoms with Crippen LogP contribution in [0, 0.1) is 11.6 Å². The summed E-state index contributed by atoms with van der Waals surface area (Å²) in [6, 6.07) is 5.19. The summed E-state index contributed by atoms with van der Waals surface area (Å²) in [6.45, 7) is 3.06. The number of anilines is 1. The zero-order chi connectivity index (χ0) is 23.8. The molecule has 3 aromatic heterocycles. The maximum absolute atomic E-state index is 14.5. The predicted molar refractivity (Wildman–Crippen MR) is 109 cm³/mol. The molecule has 3 heterocycles. The molecule has 0 fully saturated rings. The van der Waals surface area contributed by atoms with Crippen LogP contribution in [0.5, 0.6) is 0 Å². The van der Waals surface area contributed by atoms with Crippen molar-refractivity contribution in [2.24, 2.45) is 0 Å². The van der Waals surface area contributed by atoms with E-state index >= 15 is 0 Å². The molecule has 8 nitrogen and oxygen atoms in total. The third-order valence-corrected chi connectivity index (χ3v) is 4.28. The number of nitrogens with one attached hydrogen (secondary N) is 1. The molecule has 31 heavy (non-hydrogen) atoms. The van der Waals surface area contributed by atoms with Crippen molar-refractivity contribution < 1.29 is 21.2 Å². The molecule has 2 N–H and O–H groups in total. The van der Waals surface area contributed by atoms with Gasteiger partial charge in [0.05, 0.1) is 26.8 Å². The van der Waals surface area contributed by atoms with Crippen LogP contribution in [0.4, 0.5) is 14.6 Å². The summed E-state index contributed by atoms with van der Waals surface area (Å²) in [4.78, 5) is 8.17. The zero-order valence-electron chi connectivity index (χ0n) is 18.7. The third-order valence-electron chi connectivity index (χ3n) is 4.28. The summed E-state index contributed by atoms with van der Waals surface area (Å²) in [5, 5.41) is 21.0. The van der Waals surface area contributed by atoms with E-state index < -0.39 is 17.2 Å². The number of aliphatic hydroxyl groups is 1. The minimum Gasteiger partial charge on any atom is -0.389 e. The largest absolute Gasteiger partial charge is 0.389 e. The van der Waals surface area contributed by atoms with Gasteiger partial charge in [-0.25, -0.2) is 18.7 Å². The first-order valence-electron chi connectivity index (χ1n) is 10.3. The van der Waals surface area contributed by atoms with Gasteiger partial charge in [-0.15, -0.1) is 0 Å². The van der Waals surface area contributed by atoms with Crippen LogP contribution in [0.25, 0.3) is 22.9 Å². The average molecular weight is 428 g/mol. The van der Waals surface area contributed by atoms with Gasteiger partial charge in [0.1, 0.15) is 23.5 Å². The molecule has 0 aliphatic heterocycles. The maximum Gasteiger partial charge on any atom is 0.183 e. The van der Waals surface area contributed by atoms with Crippen LogP contribution in [0.3, 0.4) is 0 Å². The molecule has 0 spiro atoms. The van der Waals surface area contributed by atoms with Gasteiger partial charge in [-0.05, 0) is 26.0 Å². The Morgan fingerprint density at radius 1 is 1.26 bits per heavy atom. The van der Waals surface area contributed by atoms with Crippen molar-refractivity contribution in [2.45, 2.75) is 26.0 Å². The first-order valence-corrected chi connectivity index (χ1v) is 9.34. The minimum absolute atomic E-state index is 0.0398. The van der Waals surface area contributed by atoms with Gasteiger partial charge < -0.3 is 14.9 Å². The smallest absolute Gasteiger partial charge is 0.183 e. The van der Waals surface area contributed by atoms with Crippen LogP contribution in [0.2, 0.25) is 0 Å². The fourth-order valence-electron chi connectivity index (χ4n) is 2.78. The fourth-order valence-corrected chi connectivity index (χ4v) is 2.78. The molecule has 160 valence electrons. The predicted octanol–water partition coefficient (Wildman–Crippen LogP) is 3.50. The lowest BCUT2D eigenvalue weighted by atomic mass is 10.1. The molecule has 10 heteroatoms. The molecular formula is C21H20F2N6O2. The second-order valence-corrected chi connectivity index (χ2v) is 7.44. The number of hydrogen-bond donors (Lipinski definition) is 2. The molecule has 4 aromatic rings. The Morgan fingerprint density at radius 2 is 2.10 bits per heavy atom. The molecule has 0 aliphatic carbocycles. The van der Waals surface area contributed by atoms with E-state index in [2.05, 4.69) is 25.5 Å². The number of hydrogen-bond acceptors (Lipinski definition) is 7. The number of halogens is 2. The topological polar surface area (TPSA) is 102 Å². The SMILES string of the molecule is [2H]c1cc([2H])c(Cn2nc(-c3ncc(F)c(NCC(C)(C)O)n3)cc2-c2ccon2)c(F)c1. The van der Waals surface area contributed by atoms with Gasteiger partial charge in [0.15, 0.2) is 17.5 Å². The normalized spacial score (nSPS) is 12.5. The highest BCUT2D eigenvalue weighted by Gasteiger charge is 2.19. The molecule has 0 aliphatic rings. The van der Waals surface area contributed by atoms with Crippen LogP contribution >= 0.6 is 0 Å². The highest BCUT2D eigenvalue weighted by atomic mass is 19.1. The summed E-state index contributed by atoms with van der Waals surface area (Å²) in [6.07, 6.45) is 2.35. The maximum atomic E-state index is 14.5. The lowest BCUT2D eigenvalue weighted by Gasteiger charge is -2.18. The average Bonchev–Trinajstić information content (AvgIpc) is 3.39. The summed E-state index contributed by atoms with van der Waals surface area (Å²) >= 11 is 0. The van der Waals surface area contributed by atoms with Gasteiger partial charge >= 0.3 is 0 Å². The van der Waals surface area contributed by atoms with Crippen molar-refractivity contribution in [1.29, 1.82) is 0 Å². The summed E-state index contributed by atoms with van der Waals surface area (Å²) in [5.74, 6) is -1.42. The standard InChI is InChI=1S/C21H20F2N6O2/c1-21(2,30)12-25-19-15(23)10-24-20(26-19)17-9-18(16-7-8-31-28-16)29(27-17)11-13-5-3-4-6-14(13)22/h3-10,30H,11-12H2,1-2H3,(H,24,25,26)/i4D,5D. The first kappa shape index (κ1) is 18.1. The summed E-state index contributed by atoms with van der Waals surface area (Å²) in [5.41, 5.74) is 0.0411. The second-order valence-electron chi connectivity index (χ2n) is 7.44. The second kappa shape index (κ2) is 8.23. The van der Waals surface area contributed by atoms with Gasteiger partial charge in [0.25, 0.3) is 0 Å². The first-order chi connectivity index (χ1) is 15.6. The van der Waals surface area contributed by atoms with Crippen molar-refractivity contribution in [3.05, 3.63) is 66.0 Å². The van der Waals surface area contributed by atoms with Crippen LogP contribution in [0.1, 0.15) is 22.2 Å². The Balaban J connectivity index is 1.74. The van der Waals surface area contributed by atoms with Crippen LogP contribution in [-0.4, -0.2) is 42.2 Å². The Kier molecular flexibility index (Phi) is 4.81. The number of benzene rings is 1. The Labute approximate surface area is 179 Å². The Hall–Kier alpha value is -3.66. The zero-order valence-corrected chi connectivity index (χ0v) is 16.7. The van der Waals surface area contributed by atoms with Crippen molar-refractivity contribution >= 4 is 5.82 Å². The molecule has 1 aromatic carbocycles. The molecular weight excluding hydrogens is 406 g/mol. The van der Waals surface area contributed by atoms with Crippen LogP contribution in [-0.2, 0) is 6.54 Å². The van der Waals surface area contributed by atoms with Gasteiger partial charge in [-0.2, -0.15) is 5.10 Å². The van der Waals surface area contributed by atoms with E-state index in [0.29, 0.717) is 11.4 Å². The van der Waals surface area contributed by atoms with Crippen molar-refractivity contribution in [3.8, 4) is 22.9 Å². The molecule has 0 saturated carbocycles. The lowest BCUT2D eigenvalue weighted by molar-refractivity contribution is 0.0943. The lowest BCUT2D eigenvalue weighted by Crippen LogP contribution is -2.30. The molecule has 0 saturated heterocycles. The number of aromatic nitrogens is 5. The van der Waals surface area contributed by atoms with Gasteiger partial charge in [0.2, 0.25) is 0 Å². The Morgan fingerprint density at radius 3 is 2.81 bits per heavy atom. The quantitative estimate of drug-likeness (QED) is 0.464. The summed E-state index contributed by atoms with van der Waals surface area (Å²) < 4.78 is 50.6. The molecule has 0 unspecified atom stereocenters. The van der Waals surface area contributed by atoms with Crippen LogP contribution < -0.4 is 5.32 Å². The van der Waals surface area contributed by atoms with Crippen molar-refractivity contribution in [3.63, 3.8) is 0 Å². The number of rotatable bonds is 7. The van der Waals surface area contributed by atoms with E-state index in [1.54, 1.807) is 26.0 Å². The fraction of sp³-hybridized carbons (Fsp3) is 0.238. The van der Waals surface area contributed by atoms with E-state index in [9.17, 15) is 13.9 Å².